The minimum absolute atomic E-state index is 0.289. The second-order valence-electron chi connectivity index (χ2n) is 10.0. The molecule has 0 spiro atoms. The van der Waals surface area contributed by atoms with E-state index >= 15 is 0 Å². The topological polar surface area (TPSA) is 35.9 Å². The standard InChI is InChI=1S/C24H38N2O2/c1-23(2)19-9-11-24(23,3)22(17-19)28-16-10-21(27)18-25-12-14-26(15-13-25)20-7-5-4-6-8-20/h4-8,19,21-22,27H,9-18H2,1-3H3/t19-,21-,22+,24-/m0/s1. The Morgan fingerprint density at radius 1 is 1.11 bits per heavy atom. The van der Waals surface area contributed by atoms with Crippen LogP contribution in [0.15, 0.2) is 30.3 Å². The number of fused-ring (bicyclic) bond motifs is 2. The smallest absolute Gasteiger partial charge is 0.0689 e. The van der Waals surface area contributed by atoms with Crippen molar-refractivity contribution >= 4 is 5.69 Å². The van der Waals surface area contributed by atoms with Crippen molar-refractivity contribution in [3.05, 3.63) is 30.3 Å². The molecule has 4 rings (SSSR count). The number of aliphatic hydroxyl groups is 1. The predicted molar refractivity (Wildman–Crippen MR) is 115 cm³/mol. The van der Waals surface area contributed by atoms with Gasteiger partial charge in [0.2, 0.25) is 0 Å². The molecule has 28 heavy (non-hydrogen) atoms. The average Bonchev–Trinajstić information content (AvgIpc) is 3.03. The molecule has 1 N–H and O–H groups in total. The van der Waals surface area contributed by atoms with Gasteiger partial charge in [0, 0.05) is 45.0 Å². The van der Waals surface area contributed by atoms with Crippen LogP contribution in [0.3, 0.4) is 0 Å². The molecule has 1 aromatic rings. The first-order valence-corrected chi connectivity index (χ1v) is 11.2. The third-order valence-corrected chi connectivity index (χ3v) is 8.45. The fourth-order valence-electron chi connectivity index (χ4n) is 5.95. The molecule has 2 aliphatic carbocycles. The minimum atomic E-state index is -0.289. The van der Waals surface area contributed by atoms with E-state index in [1.165, 1.54) is 24.9 Å². The first-order valence-electron chi connectivity index (χ1n) is 11.2. The van der Waals surface area contributed by atoms with Crippen molar-refractivity contribution in [2.24, 2.45) is 16.7 Å². The number of para-hydroxylation sites is 1. The van der Waals surface area contributed by atoms with Crippen LogP contribution in [0.25, 0.3) is 0 Å². The van der Waals surface area contributed by atoms with Crippen molar-refractivity contribution in [1.29, 1.82) is 0 Å². The molecule has 1 aromatic carbocycles. The van der Waals surface area contributed by atoms with E-state index in [9.17, 15) is 5.11 Å². The fourth-order valence-corrected chi connectivity index (χ4v) is 5.95. The van der Waals surface area contributed by atoms with Gasteiger partial charge in [0.25, 0.3) is 0 Å². The molecule has 3 aliphatic rings. The first-order chi connectivity index (χ1) is 13.4. The van der Waals surface area contributed by atoms with E-state index in [4.69, 9.17) is 4.74 Å². The zero-order chi connectivity index (χ0) is 19.8. The van der Waals surface area contributed by atoms with E-state index in [0.717, 1.165) is 45.1 Å². The highest BCUT2D eigenvalue weighted by molar-refractivity contribution is 5.46. The number of aliphatic hydroxyl groups excluding tert-OH is 1. The largest absolute Gasteiger partial charge is 0.392 e. The van der Waals surface area contributed by atoms with Gasteiger partial charge >= 0.3 is 0 Å². The summed E-state index contributed by atoms with van der Waals surface area (Å²) in [6.07, 6.45) is 4.70. The molecule has 2 saturated carbocycles. The Balaban J connectivity index is 1.17. The van der Waals surface area contributed by atoms with Gasteiger partial charge in [-0.1, -0.05) is 39.0 Å². The quantitative estimate of drug-likeness (QED) is 0.773. The summed E-state index contributed by atoms with van der Waals surface area (Å²) in [5, 5.41) is 10.5. The average molecular weight is 387 g/mol. The summed E-state index contributed by atoms with van der Waals surface area (Å²) in [4.78, 5) is 4.83. The fraction of sp³-hybridized carbons (Fsp3) is 0.750. The third kappa shape index (κ3) is 3.71. The Morgan fingerprint density at radius 3 is 2.43 bits per heavy atom. The summed E-state index contributed by atoms with van der Waals surface area (Å²) >= 11 is 0. The molecule has 156 valence electrons. The molecule has 4 heteroatoms. The summed E-state index contributed by atoms with van der Waals surface area (Å²) in [7, 11) is 0. The van der Waals surface area contributed by atoms with Gasteiger partial charge in [0.15, 0.2) is 0 Å². The third-order valence-electron chi connectivity index (χ3n) is 8.45. The Morgan fingerprint density at radius 2 is 1.82 bits per heavy atom. The number of benzene rings is 1. The molecule has 4 atom stereocenters. The predicted octanol–water partition coefficient (Wildman–Crippen LogP) is 3.79. The number of hydrogen-bond donors (Lipinski definition) is 1. The Kier molecular flexibility index (Phi) is 5.74. The Hall–Kier alpha value is -1.10. The van der Waals surface area contributed by atoms with Gasteiger partial charge in [-0.05, 0) is 54.6 Å². The van der Waals surface area contributed by atoms with Crippen LogP contribution in [-0.2, 0) is 4.74 Å². The molecular weight excluding hydrogens is 348 g/mol. The second kappa shape index (κ2) is 7.97. The van der Waals surface area contributed by atoms with Crippen LogP contribution in [0.5, 0.6) is 0 Å². The molecule has 0 radical (unpaired) electrons. The van der Waals surface area contributed by atoms with Crippen molar-refractivity contribution in [1.82, 2.24) is 4.90 Å². The van der Waals surface area contributed by atoms with Crippen molar-refractivity contribution in [3.63, 3.8) is 0 Å². The van der Waals surface area contributed by atoms with Crippen LogP contribution in [0.4, 0.5) is 5.69 Å². The molecular formula is C24H38N2O2. The second-order valence-corrected chi connectivity index (χ2v) is 10.0. The van der Waals surface area contributed by atoms with Crippen LogP contribution in [-0.4, -0.2) is 61.5 Å². The van der Waals surface area contributed by atoms with E-state index in [2.05, 4.69) is 60.9 Å². The molecule has 1 heterocycles. The number of hydrogen-bond acceptors (Lipinski definition) is 4. The van der Waals surface area contributed by atoms with Crippen molar-refractivity contribution in [2.45, 2.75) is 58.7 Å². The van der Waals surface area contributed by atoms with Crippen molar-refractivity contribution < 1.29 is 9.84 Å². The Bertz CT molecular complexity index is 641. The van der Waals surface area contributed by atoms with Gasteiger partial charge < -0.3 is 14.7 Å². The number of anilines is 1. The number of nitrogens with zero attached hydrogens (tertiary/aromatic N) is 2. The summed E-state index contributed by atoms with van der Waals surface area (Å²) in [6, 6.07) is 10.6. The van der Waals surface area contributed by atoms with E-state index in [0.29, 0.717) is 23.5 Å². The molecule has 2 bridgehead atoms. The lowest BCUT2D eigenvalue weighted by Crippen LogP contribution is -2.48. The molecule has 1 saturated heterocycles. The first kappa shape index (κ1) is 20.2. The molecule has 0 aromatic heterocycles. The van der Waals surface area contributed by atoms with E-state index in [1.807, 2.05) is 0 Å². The molecule has 0 amide bonds. The van der Waals surface area contributed by atoms with E-state index in [-0.39, 0.29) is 6.10 Å². The number of ether oxygens (including phenoxy) is 1. The van der Waals surface area contributed by atoms with Crippen LogP contribution in [0.1, 0.15) is 46.5 Å². The normalized spacial score (nSPS) is 33.4. The highest BCUT2D eigenvalue weighted by Crippen LogP contribution is 2.66. The summed E-state index contributed by atoms with van der Waals surface area (Å²) < 4.78 is 6.32. The van der Waals surface area contributed by atoms with Gasteiger partial charge in [0.1, 0.15) is 0 Å². The molecule has 1 aliphatic heterocycles. The molecule has 4 nitrogen and oxygen atoms in total. The lowest BCUT2D eigenvalue weighted by atomic mass is 9.70. The zero-order valence-corrected chi connectivity index (χ0v) is 17.9. The number of rotatable bonds is 7. The lowest BCUT2D eigenvalue weighted by molar-refractivity contribution is -0.0564. The monoisotopic (exact) mass is 386 g/mol. The van der Waals surface area contributed by atoms with Gasteiger partial charge in [-0.15, -0.1) is 0 Å². The SMILES string of the molecule is CC1(C)[C@H]2CC[C@@]1(C)[C@H](OCC[C@H](O)CN1CCN(c3ccccc3)CC1)C2. The van der Waals surface area contributed by atoms with Gasteiger partial charge in [-0.2, -0.15) is 0 Å². The summed E-state index contributed by atoms with van der Waals surface area (Å²) in [5.41, 5.74) is 2.02. The maximum atomic E-state index is 10.5. The molecule has 0 unspecified atom stereocenters. The zero-order valence-electron chi connectivity index (χ0n) is 17.9. The highest BCUT2D eigenvalue weighted by atomic mass is 16.5. The van der Waals surface area contributed by atoms with Crippen molar-refractivity contribution in [3.8, 4) is 0 Å². The van der Waals surface area contributed by atoms with Crippen LogP contribution >= 0.6 is 0 Å². The van der Waals surface area contributed by atoms with Crippen LogP contribution in [0.2, 0.25) is 0 Å². The summed E-state index contributed by atoms with van der Waals surface area (Å²) in [5.74, 6) is 0.813. The summed E-state index contributed by atoms with van der Waals surface area (Å²) in [6.45, 7) is 12.8. The van der Waals surface area contributed by atoms with Crippen molar-refractivity contribution in [2.75, 3.05) is 44.2 Å². The highest BCUT2D eigenvalue weighted by Gasteiger charge is 2.61. The number of β-amino-alcohol motifs (C(OH)–C–C–N with tert-alkyl or cyclic N) is 1. The minimum Gasteiger partial charge on any atom is -0.392 e. The van der Waals surface area contributed by atoms with Gasteiger partial charge in [-0.3, -0.25) is 4.90 Å². The van der Waals surface area contributed by atoms with E-state index in [1.54, 1.807) is 0 Å². The Labute approximate surface area is 170 Å². The molecule has 3 fully saturated rings. The van der Waals surface area contributed by atoms with Gasteiger partial charge in [-0.25, -0.2) is 0 Å². The van der Waals surface area contributed by atoms with Gasteiger partial charge in [0.05, 0.1) is 12.2 Å². The maximum Gasteiger partial charge on any atom is 0.0689 e. The maximum absolute atomic E-state index is 10.5. The van der Waals surface area contributed by atoms with Crippen LogP contribution < -0.4 is 4.90 Å². The number of piperazine rings is 1. The van der Waals surface area contributed by atoms with E-state index < -0.39 is 0 Å². The lowest BCUT2D eigenvalue weighted by Gasteiger charge is -2.39. The van der Waals surface area contributed by atoms with Crippen LogP contribution in [0, 0.1) is 16.7 Å².